The lowest BCUT2D eigenvalue weighted by atomic mass is 9.96. The molecule has 0 saturated heterocycles. The molecule has 0 bridgehead atoms. The zero-order valence-electron chi connectivity index (χ0n) is 21.5. The van der Waals surface area contributed by atoms with Gasteiger partial charge in [0.2, 0.25) is 0 Å². The van der Waals surface area contributed by atoms with Gasteiger partial charge in [-0.15, -0.1) is 0 Å². The predicted octanol–water partition coefficient (Wildman–Crippen LogP) is 4.36. The number of nitrogens with two attached hydrogens (primary N) is 2. The van der Waals surface area contributed by atoms with E-state index in [-0.39, 0.29) is 11.1 Å². The summed E-state index contributed by atoms with van der Waals surface area (Å²) >= 11 is 0. The number of hydrogen-bond acceptors (Lipinski definition) is 4. The van der Waals surface area contributed by atoms with Crippen molar-refractivity contribution >= 4 is 17.6 Å². The van der Waals surface area contributed by atoms with Crippen molar-refractivity contribution in [3.63, 3.8) is 0 Å². The molecule has 0 rings (SSSR count). The van der Waals surface area contributed by atoms with Crippen LogP contribution >= 0.6 is 0 Å². The van der Waals surface area contributed by atoms with Crippen molar-refractivity contribution in [2.24, 2.45) is 26.4 Å². The standard InChI is InChI=1S/C24H51N7/c1-20(29-21(2)30-23(3,4)16-12-8-10-14-18-25)28-19-15-11-9-13-17-24(5,6)31-22(26)27-7/h8-19,25H2,1-7H3,(H3,26,27,31)(H,28,29,30). The smallest absolute Gasteiger partial charge is 0.188 e. The van der Waals surface area contributed by atoms with Gasteiger partial charge in [-0.25, -0.2) is 0 Å². The molecular weight excluding hydrogens is 386 g/mol. The van der Waals surface area contributed by atoms with Crippen LogP contribution in [0.4, 0.5) is 0 Å². The second-order valence-electron chi connectivity index (χ2n) is 9.84. The van der Waals surface area contributed by atoms with E-state index in [0.29, 0.717) is 5.96 Å². The van der Waals surface area contributed by atoms with Crippen molar-refractivity contribution in [3.05, 3.63) is 0 Å². The molecule has 0 aliphatic heterocycles. The largest absolute Gasteiger partial charge is 0.370 e. The summed E-state index contributed by atoms with van der Waals surface area (Å²) in [6.45, 7) is 14.4. The Labute approximate surface area is 192 Å². The Kier molecular flexibility index (Phi) is 15.2. The molecule has 7 nitrogen and oxygen atoms in total. The Morgan fingerprint density at radius 1 is 0.806 bits per heavy atom. The van der Waals surface area contributed by atoms with Crippen LogP contribution in [0.1, 0.15) is 106 Å². The average Bonchev–Trinajstić information content (AvgIpc) is 2.65. The van der Waals surface area contributed by atoms with Gasteiger partial charge in [-0.1, -0.05) is 38.5 Å². The molecule has 0 aliphatic rings. The lowest BCUT2D eigenvalue weighted by Crippen LogP contribution is -2.47. The predicted molar refractivity (Wildman–Crippen MR) is 138 cm³/mol. The number of unbranched alkanes of at least 4 members (excludes halogenated alkanes) is 6. The maximum atomic E-state index is 5.77. The number of amidine groups is 2. The Hall–Kier alpha value is -1.63. The minimum absolute atomic E-state index is 0.0165. The summed E-state index contributed by atoms with van der Waals surface area (Å²) in [6, 6.07) is 0. The molecule has 31 heavy (non-hydrogen) atoms. The van der Waals surface area contributed by atoms with Crippen molar-refractivity contribution in [1.82, 2.24) is 10.6 Å². The molecular formula is C24H51N7. The molecule has 0 aromatic heterocycles. The van der Waals surface area contributed by atoms with E-state index in [4.69, 9.17) is 16.5 Å². The van der Waals surface area contributed by atoms with E-state index in [1.165, 1.54) is 38.5 Å². The highest BCUT2D eigenvalue weighted by Crippen LogP contribution is 2.19. The van der Waals surface area contributed by atoms with E-state index in [2.05, 4.69) is 48.3 Å². The second-order valence-corrected chi connectivity index (χ2v) is 9.84. The molecule has 0 atom stereocenters. The van der Waals surface area contributed by atoms with Crippen LogP contribution in [0.25, 0.3) is 0 Å². The van der Waals surface area contributed by atoms with Crippen LogP contribution in [-0.4, -0.2) is 48.8 Å². The van der Waals surface area contributed by atoms with Gasteiger partial charge in [0.15, 0.2) is 5.96 Å². The van der Waals surface area contributed by atoms with Crippen LogP contribution < -0.4 is 22.1 Å². The number of nitrogens with zero attached hydrogens (tertiary/aromatic N) is 3. The highest BCUT2D eigenvalue weighted by Gasteiger charge is 2.17. The van der Waals surface area contributed by atoms with Crippen molar-refractivity contribution in [1.29, 1.82) is 0 Å². The highest BCUT2D eigenvalue weighted by atomic mass is 15.1. The summed E-state index contributed by atoms with van der Waals surface area (Å²) in [5, 5.41) is 6.60. The van der Waals surface area contributed by atoms with Gasteiger partial charge in [-0.3, -0.25) is 15.0 Å². The molecule has 0 spiro atoms. The number of hydrogen-bond donors (Lipinski definition) is 4. The minimum Gasteiger partial charge on any atom is -0.370 e. The van der Waals surface area contributed by atoms with Gasteiger partial charge in [-0.2, -0.15) is 0 Å². The first-order chi connectivity index (χ1) is 14.5. The molecule has 6 N–H and O–H groups in total. The summed E-state index contributed by atoms with van der Waals surface area (Å²) in [7, 11) is 1.70. The third-order valence-electron chi connectivity index (χ3n) is 5.34. The van der Waals surface area contributed by atoms with Crippen LogP contribution in [0.15, 0.2) is 15.0 Å². The van der Waals surface area contributed by atoms with Gasteiger partial charge in [0.1, 0.15) is 0 Å². The topological polar surface area (TPSA) is 113 Å². The Bertz CT molecular complexity index is 562. The third kappa shape index (κ3) is 17.7. The summed E-state index contributed by atoms with van der Waals surface area (Å²) in [4.78, 5) is 13.5. The molecule has 0 amide bonds. The van der Waals surface area contributed by atoms with Crippen LogP contribution in [-0.2, 0) is 0 Å². The maximum Gasteiger partial charge on any atom is 0.188 e. The van der Waals surface area contributed by atoms with Crippen molar-refractivity contribution < 1.29 is 0 Å². The van der Waals surface area contributed by atoms with Gasteiger partial charge in [0.25, 0.3) is 0 Å². The summed E-state index contributed by atoms with van der Waals surface area (Å²) < 4.78 is 0. The van der Waals surface area contributed by atoms with E-state index < -0.39 is 0 Å². The fraction of sp³-hybridized carbons (Fsp3) is 0.875. The Morgan fingerprint density at radius 2 is 1.39 bits per heavy atom. The zero-order chi connectivity index (χ0) is 23.8. The minimum atomic E-state index is -0.0453. The van der Waals surface area contributed by atoms with Crippen LogP contribution in [0.3, 0.4) is 0 Å². The molecule has 182 valence electrons. The molecule has 0 heterocycles. The summed E-state index contributed by atoms with van der Waals surface area (Å²) in [6.07, 6.45) is 11.6. The Balaban J connectivity index is 4.09. The highest BCUT2D eigenvalue weighted by molar-refractivity contribution is 5.98. The van der Waals surface area contributed by atoms with Crippen LogP contribution in [0, 0.1) is 0 Å². The fourth-order valence-electron chi connectivity index (χ4n) is 3.64. The molecule has 0 unspecified atom stereocenters. The SMILES string of the molecule is CN=C(N)NC(C)(C)CCCCCCN=C(C)NC(C)=NC(C)(C)CCCCCCN. The third-order valence-corrected chi connectivity index (χ3v) is 5.34. The van der Waals surface area contributed by atoms with Crippen molar-refractivity contribution in [3.8, 4) is 0 Å². The molecule has 7 heteroatoms. The number of nitrogens with one attached hydrogen (secondary N) is 2. The average molecular weight is 438 g/mol. The molecule has 0 radical (unpaired) electrons. The van der Waals surface area contributed by atoms with E-state index in [1.807, 2.05) is 13.8 Å². The molecule has 0 aromatic carbocycles. The second kappa shape index (κ2) is 16.1. The molecule has 0 saturated carbocycles. The normalized spacial score (nSPS) is 14.1. The maximum absolute atomic E-state index is 5.77. The molecule has 0 fully saturated rings. The van der Waals surface area contributed by atoms with Gasteiger partial charge < -0.3 is 22.1 Å². The van der Waals surface area contributed by atoms with E-state index >= 15 is 0 Å². The quantitative estimate of drug-likeness (QED) is 0.173. The fourth-order valence-corrected chi connectivity index (χ4v) is 3.64. The lowest BCUT2D eigenvalue weighted by molar-refractivity contribution is 0.400. The summed E-state index contributed by atoms with van der Waals surface area (Å²) in [5.41, 5.74) is 11.3. The number of rotatable bonds is 15. The zero-order valence-corrected chi connectivity index (χ0v) is 21.5. The van der Waals surface area contributed by atoms with Crippen LogP contribution in [0.2, 0.25) is 0 Å². The monoisotopic (exact) mass is 437 g/mol. The van der Waals surface area contributed by atoms with Crippen LogP contribution in [0.5, 0.6) is 0 Å². The van der Waals surface area contributed by atoms with Gasteiger partial charge in [-0.05, 0) is 73.8 Å². The van der Waals surface area contributed by atoms with E-state index in [9.17, 15) is 0 Å². The van der Waals surface area contributed by atoms with E-state index in [0.717, 1.165) is 50.4 Å². The van der Waals surface area contributed by atoms with Gasteiger partial charge in [0.05, 0.1) is 17.2 Å². The first kappa shape index (κ1) is 29.4. The van der Waals surface area contributed by atoms with Gasteiger partial charge in [0, 0.05) is 19.1 Å². The number of guanidine groups is 1. The first-order valence-electron chi connectivity index (χ1n) is 12.1. The number of aliphatic imine (C=N–C) groups is 3. The van der Waals surface area contributed by atoms with Crippen molar-refractivity contribution in [2.75, 3.05) is 20.1 Å². The lowest BCUT2D eigenvalue weighted by Gasteiger charge is -2.26. The molecule has 0 aromatic rings. The van der Waals surface area contributed by atoms with E-state index in [1.54, 1.807) is 7.05 Å². The van der Waals surface area contributed by atoms with Crippen molar-refractivity contribution in [2.45, 2.75) is 117 Å². The Morgan fingerprint density at radius 3 is 2.00 bits per heavy atom. The molecule has 0 aliphatic carbocycles. The first-order valence-corrected chi connectivity index (χ1v) is 12.1. The van der Waals surface area contributed by atoms with Gasteiger partial charge >= 0.3 is 0 Å². The summed E-state index contributed by atoms with van der Waals surface area (Å²) in [5.74, 6) is 2.39.